The van der Waals surface area contributed by atoms with Gasteiger partial charge in [-0.2, -0.15) is 0 Å². The first kappa shape index (κ1) is 17.7. The van der Waals surface area contributed by atoms with Gasteiger partial charge in [0.1, 0.15) is 5.78 Å². The zero-order valence-electron chi connectivity index (χ0n) is 14.0. The minimum atomic E-state index is -0.467. The molecule has 0 aromatic heterocycles. The lowest BCUT2D eigenvalue weighted by molar-refractivity contribution is -0.385. The Labute approximate surface area is 149 Å². The van der Waals surface area contributed by atoms with Crippen LogP contribution in [-0.4, -0.2) is 15.6 Å². The maximum atomic E-state index is 12.5. The second kappa shape index (κ2) is 7.01. The van der Waals surface area contributed by atoms with E-state index in [1.54, 1.807) is 24.3 Å². The van der Waals surface area contributed by atoms with Crippen LogP contribution in [0, 0.1) is 26.1 Å². The fraction of sp³-hybridized carbons (Fsp3) is 0.278. The van der Waals surface area contributed by atoms with E-state index in [4.69, 9.17) is 0 Å². The van der Waals surface area contributed by atoms with Crippen molar-refractivity contribution in [1.82, 2.24) is 5.32 Å². The van der Waals surface area contributed by atoms with Crippen LogP contribution in [0.5, 0.6) is 0 Å². The largest absolute Gasteiger partial charge is 0.302 e. The molecule has 1 aliphatic rings. The second-order valence-corrected chi connectivity index (χ2v) is 6.35. The summed E-state index contributed by atoms with van der Waals surface area (Å²) < 4.78 is 0. The molecule has 0 saturated carbocycles. The van der Waals surface area contributed by atoms with Crippen LogP contribution in [-0.2, 0) is 4.79 Å². The van der Waals surface area contributed by atoms with Crippen LogP contribution >= 0.6 is 0 Å². The zero-order chi connectivity index (χ0) is 18.8. The number of Topliss-reactive ketones (excluding diaryl/α,β-unsaturated/α-hetero) is 1. The Kier molecular flexibility index (Phi) is 4.77. The number of hydrogen-bond acceptors (Lipinski definition) is 6. The molecule has 3 rings (SSSR count). The number of rotatable bonds is 4. The summed E-state index contributed by atoms with van der Waals surface area (Å²) in [6.07, 6.45) is 0.294. The third-order valence-electron chi connectivity index (χ3n) is 4.76. The summed E-state index contributed by atoms with van der Waals surface area (Å²) in [4.78, 5) is 33.1. The van der Waals surface area contributed by atoms with Crippen LogP contribution in [0.1, 0.15) is 36.6 Å². The Morgan fingerprint density at radius 1 is 0.885 bits per heavy atom. The topological polar surface area (TPSA) is 115 Å². The number of piperidine rings is 1. The highest BCUT2D eigenvalue weighted by molar-refractivity contribution is 5.83. The fourth-order valence-corrected chi connectivity index (χ4v) is 3.22. The Hall–Kier alpha value is -3.13. The first-order valence-electron chi connectivity index (χ1n) is 8.14. The van der Waals surface area contributed by atoms with Crippen LogP contribution in [0.25, 0.3) is 0 Å². The van der Waals surface area contributed by atoms with Gasteiger partial charge in [-0.15, -0.1) is 0 Å². The van der Waals surface area contributed by atoms with Gasteiger partial charge in [0.15, 0.2) is 0 Å². The van der Waals surface area contributed by atoms with Gasteiger partial charge >= 0.3 is 0 Å². The highest BCUT2D eigenvalue weighted by atomic mass is 16.6. The van der Waals surface area contributed by atoms with Crippen LogP contribution in [0.4, 0.5) is 11.4 Å². The zero-order valence-corrected chi connectivity index (χ0v) is 14.0. The molecule has 2 aromatic rings. The monoisotopic (exact) mass is 355 g/mol. The Morgan fingerprint density at radius 2 is 1.35 bits per heavy atom. The maximum Gasteiger partial charge on any atom is 0.269 e. The van der Waals surface area contributed by atoms with Crippen molar-refractivity contribution in [2.75, 3.05) is 0 Å². The van der Waals surface area contributed by atoms with E-state index >= 15 is 0 Å². The normalized spacial score (nSPS) is 22.8. The molecule has 0 bridgehead atoms. The minimum Gasteiger partial charge on any atom is -0.302 e. The van der Waals surface area contributed by atoms with Gasteiger partial charge in [-0.3, -0.25) is 25.0 Å². The van der Waals surface area contributed by atoms with Crippen LogP contribution in [0.2, 0.25) is 0 Å². The SMILES string of the molecule is C[C@@H]1C(=O)C[C@H](c2ccc([N+](=O)[O-])cc2)N[C@@H]1c1ccc([N+](=O)[O-])cc1. The molecule has 0 amide bonds. The Morgan fingerprint density at radius 3 is 1.81 bits per heavy atom. The predicted molar refractivity (Wildman–Crippen MR) is 93.6 cm³/mol. The first-order valence-corrected chi connectivity index (χ1v) is 8.14. The number of ketones is 1. The molecule has 0 aliphatic carbocycles. The van der Waals surface area contributed by atoms with E-state index in [0.717, 1.165) is 11.1 Å². The van der Waals surface area contributed by atoms with Crippen molar-refractivity contribution in [3.05, 3.63) is 79.9 Å². The Balaban J connectivity index is 1.85. The van der Waals surface area contributed by atoms with Gasteiger partial charge in [0, 0.05) is 48.7 Å². The van der Waals surface area contributed by atoms with Crippen molar-refractivity contribution < 1.29 is 14.6 Å². The van der Waals surface area contributed by atoms with E-state index in [0.29, 0.717) is 6.42 Å². The van der Waals surface area contributed by atoms with Crippen molar-refractivity contribution in [2.24, 2.45) is 5.92 Å². The van der Waals surface area contributed by atoms with Gasteiger partial charge in [0.25, 0.3) is 11.4 Å². The summed E-state index contributed by atoms with van der Waals surface area (Å²) in [5.74, 6) is -0.193. The molecule has 1 N–H and O–H groups in total. The van der Waals surface area contributed by atoms with Crippen LogP contribution in [0.15, 0.2) is 48.5 Å². The van der Waals surface area contributed by atoms with Crippen LogP contribution < -0.4 is 5.32 Å². The molecule has 26 heavy (non-hydrogen) atoms. The van der Waals surface area contributed by atoms with Crippen molar-refractivity contribution >= 4 is 17.2 Å². The number of nitrogens with one attached hydrogen (secondary N) is 1. The molecule has 0 spiro atoms. The number of hydrogen-bond donors (Lipinski definition) is 1. The van der Waals surface area contributed by atoms with Gasteiger partial charge in [0.05, 0.1) is 9.85 Å². The molecular weight excluding hydrogens is 338 g/mol. The Bertz CT molecular complexity index is 848. The molecule has 1 heterocycles. The molecular formula is C18H17N3O5. The van der Waals surface area contributed by atoms with E-state index in [-0.39, 0.29) is 35.2 Å². The number of nitro benzene ring substituents is 2. The van der Waals surface area contributed by atoms with Crippen molar-refractivity contribution in [2.45, 2.75) is 25.4 Å². The summed E-state index contributed by atoms with van der Waals surface area (Å²) in [7, 11) is 0. The predicted octanol–water partition coefficient (Wildman–Crippen LogP) is 3.48. The number of carbonyl (C=O) groups is 1. The third-order valence-corrected chi connectivity index (χ3v) is 4.76. The molecule has 1 aliphatic heterocycles. The van der Waals surface area contributed by atoms with Gasteiger partial charge in [-0.25, -0.2) is 0 Å². The summed E-state index contributed by atoms with van der Waals surface area (Å²) >= 11 is 0. The summed E-state index contributed by atoms with van der Waals surface area (Å²) in [6, 6.07) is 11.7. The van der Waals surface area contributed by atoms with E-state index < -0.39 is 9.85 Å². The third kappa shape index (κ3) is 3.45. The molecule has 1 fully saturated rings. The van der Waals surface area contributed by atoms with Crippen molar-refractivity contribution in [3.8, 4) is 0 Å². The lowest BCUT2D eigenvalue weighted by Crippen LogP contribution is -2.41. The van der Waals surface area contributed by atoms with E-state index in [1.165, 1.54) is 24.3 Å². The van der Waals surface area contributed by atoms with E-state index in [2.05, 4.69) is 5.32 Å². The average molecular weight is 355 g/mol. The van der Waals surface area contributed by atoms with Gasteiger partial charge in [-0.05, 0) is 11.1 Å². The van der Waals surface area contributed by atoms with Crippen molar-refractivity contribution in [3.63, 3.8) is 0 Å². The van der Waals surface area contributed by atoms with Gasteiger partial charge in [0.2, 0.25) is 0 Å². The van der Waals surface area contributed by atoms with E-state index in [9.17, 15) is 25.0 Å². The molecule has 2 aromatic carbocycles. The number of non-ortho nitro benzene ring substituents is 2. The molecule has 8 heteroatoms. The highest BCUT2D eigenvalue weighted by Crippen LogP contribution is 2.35. The highest BCUT2D eigenvalue weighted by Gasteiger charge is 2.35. The molecule has 3 atom stereocenters. The lowest BCUT2D eigenvalue weighted by atomic mass is 9.82. The lowest BCUT2D eigenvalue weighted by Gasteiger charge is -2.35. The molecule has 0 unspecified atom stereocenters. The van der Waals surface area contributed by atoms with Crippen LogP contribution in [0.3, 0.4) is 0 Å². The molecule has 0 radical (unpaired) electrons. The quantitative estimate of drug-likeness (QED) is 0.663. The number of carbonyl (C=O) groups excluding carboxylic acids is 1. The minimum absolute atomic E-state index is 0.00354. The molecule has 1 saturated heterocycles. The smallest absolute Gasteiger partial charge is 0.269 e. The van der Waals surface area contributed by atoms with Gasteiger partial charge in [-0.1, -0.05) is 31.2 Å². The van der Waals surface area contributed by atoms with E-state index in [1.807, 2.05) is 6.92 Å². The molecule has 134 valence electrons. The van der Waals surface area contributed by atoms with Crippen molar-refractivity contribution in [1.29, 1.82) is 0 Å². The number of nitro groups is 2. The summed E-state index contributed by atoms with van der Waals surface area (Å²) in [6.45, 7) is 1.83. The summed E-state index contributed by atoms with van der Waals surface area (Å²) in [5.41, 5.74) is 1.58. The molecule has 8 nitrogen and oxygen atoms in total. The second-order valence-electron chi connectivity index (χ2n) is 6.35. The fourth-order valence-electron chi connectivity index (χ4n) is 3.22. The number of benzene rings is 2. The standard InChI is InChI=1S/C18H17N3O5/c1-11-17(22)10-16(12-2-6-14(7-3-12)20(23)24)19-18(11)13-4-8-15(9-5-13)21(25)26/h2-9,11,16,18-19H,10H2,1H3/t11-,16-,18+/m1/s1. The average Bonchev–Trinajstić information content (AvgIpc) is 2.64. The summed E-state index contributed by atoms with van der Waals surface area (Å²) in [5, 5.41) is 25.0. The maximum absolute atomic E-state index is 12.5. The van der Waals surface area contributed by atoms with Gasteiger partial charge < -0.3 is 5.32 Å². The first-order chi connectivity index (χ1) is 12.4. The number of nitrogens with zero attached hydrogens (tertiary/aromatic N) is 2.